The summed E-state index contributed by atoms with van der Waals surface area (Å²) in [5.74, 6) is 0.469. The molecule has 19 heavy (non-hydrogen) atoms. The van der Waals surface area contributed by atoms with Gasteiger partial charge in [-0.25, -0.2) is 18.1 Å². The zero-order valence-electron chi connectivity index (χ0n) is 10.4. The molecule has 1 aromatic carbocycles. The number of hydrogen-bond donors (Lipinski definition) is 2. The lowest BCUT2D eigenvalue weighted by Gasteiger charge is -2.13. The highest BCUT2D eigenvalue weighted by Gasteiger charge is 2.21. The van der Waals surface area contributed by atoms with Gasteiger partial charge in [0, 0.05) is 4.47 Å². The third kappa shape index (κ3) is 3.20. The van der Waals surface area contributed by atoms with E-state index in [2.05, 4.69) is 35.8 Å². The first-order chi connectivity index (χ1) is 8.90. The normalized spacial score (nSPS) is 13.4. The monoisotopic (exact) mass is 344 g/mol. The number of aromatic nitrogens is 3. The molecule has 2 aromatic rings. The van der Waals surface area contributed by atoms with E-state index in [0.29, 0.717) is 15.9 Å². The van der Waals surface area contributed by atoms with Crippen LogP contribution in [0.1, 0.15) is 24.4 Å². The number of nitrogens with one attached hydrogen (secondary N) is 2. The first-order valence-corrected chi connectivity index (χ1v) is 7.81. The smallest absolute Gasteiger partial charge is 0.241 e. The second-order valence-corrected chi connectivity index (χ2v) is 6.72. The Hall–Kier alpha value is -1.25. The molecule has 0 spiro atoms. The average molecular weight is 345 g/mol. The van der Waals surface area contributed by atoms with Gasteiger partial charge in [-0.1, -0.05) is 22.0 Å². The van der Waals surface area contributed by atoms with E-state index in [1.165, 1.54) is 6.33 Å². The largest absolute Gasteiger partial charge is 0.262 e. The van der Waals surface area contributed by atoms with Crippen LogP contribution in [-0.4, -0.2) is 23.6 Å². The molecule has 2 rings (SSSR count). The number of hydrogen-bond acceptors (Lipinski definition) is 4. The molecule has 0 radical (unpaired) electrons. The van der Waals surface area contributed by atoms with Crippen molar-refractivity contribution in [2.45, 2.75) is 24.8 Å². The first kappa shape index (κ1) is 14.2. The standard InChI is InChI=1S/C11H13BrN4O2S/c1-7-3-4-9(12)5-10(7)19(17,18)16-8(2)11-13-6-14-15-11/h3-6,8,16H,1-2H3,(H,13,14,15). The molecule has 0 fully saturated rings. The Bertz CT molecular complexity index is 670. The van der Waals surface area contributed by atoms with E-state index in [9.17, 15) is 8.42 Å². The minimum Gasteiger partial charge on any atom is -0.262 e. The van der Waals surface area contributed by atoms with E-state index < -0.39 is 16.1 Å². The van der Waals surface area contributed by atoms with Crippen molar-refractivity contribution in [3.63, 3.8) is 0 Å². The molecule has 0 amide bonds. The summed E-state index contributed by atoms with van der Waals surface area (Å²) in [5.41, 5.74) is 0.681. The van der Waals surface area contributed by atoms with Gasteiger partial charge in [-0.3, -0.25) is 5.10 Å². The van der Waals surface area contributed by atoms with E-state index in [1.807, 2.05) is 0 Å². The molecule has 2 N–H and O–H groups in total. The molecule has 0 bridgehead atoms. The highest BCUT2D eigenvalue weighted by atomic mass is 79.9. The summed E-state index contributed by atoms with van der Waals surface area (Å²) in [7, 11) is -3.61. The SMILES string of the molecule is Cc1ccc(Br)cc1S(=O)(=O)NC(C)c1ncn[nH]1. The fourth-order valence-corrected chi connectivity index (χ4v) is 3.63. The minimum absolute atomic E-state index is 0.244. The number of aromatic amines is 1. The van der Waals surface area contributed by atoms with E-state index in [-0.39, 0.29) is 4.90 Å². The molecule has 0 aliphatic heterocycles. The molecule has 1 heterocycles. The van der Waals surface area contributed by atoms with E-state index in [1.54, 1.807) is 32.0 Å². The molecule has 8 heteroatoms. The Morgan fingerprint density at radius 3 is 2.79 bits per heavy atom. The van der Waals surface area contributed by atoms with Crippen molar-refractivity contribution in [1.82, 2.24) is 19.9 Å². The molecule has 0 saturated carbocycles. The Morgan fingerprint density at radius 2 is 2.16 bits per heavy atom. The summed E-state index contributed by atoms with van der Waals surface area (Å²) in [6.45, 7) is 3.45. The summed E-state index contributed by atoms with van der Waals surface area (Å²) >= 11 is 3.27. The van der Waals surface area contributed by atoms with Gasteiger partial charge in [0.1, 0.15) is 12.2 Å². The van der Waals surface area contributed by atoms with Crippen molar-refractivity contribution in [3.8, 4) is 0 Å². The van der Waals surface area contributed by atoms with Crippen molar-refractivity contribution in [1.29, 1.82) is 0 Å². The van der Waals surface area contributed by atoms with Crippen molar-refractivity contribution in [2.24, 2.45) is 0 Å². The van der Waals surface area contributed by atoms with Gasteiger partial charge < -0.3 is 0 Å². The lowest BCUT2D eigenvalue weighted by Crippen LogP contribution is -2.28. The Morgan fingerprint density at radius 1 is 1.42 bits per heavy atom. The fraction of sp³-hybridized carbons (Fsp3) is 0.273. The second kappa shape index (κ2) is 5.40. The van der Waals surface area contributed by atoms with Crippen LogP contribution in [-0.2, 0) is 10.0 Å². The van der Waals surface area contributed by atoms with Crippen LogP contribution < -0.4 is 4.72 Å². The maximum atomic E-state index is 12.3. The summed E-state index contributed by atoms with van der Waals surface area (Å²) in [4.78, 5) is 4.17. The van der Waals surface area contributed by atoms with Crippen molar-refractivity contribution >= 4 is 26.0 Å². The predicted molar refractivity (Wildman–Crippen MR) is 74.0 cm³/mol. The number of benzene rings is 1. The molecule has 102 valence electrons. The van der Waals surface area contributed by atoms with Crippen LogP contribution in [0.4, 0.5) is 0 Å². The lowest BCUT2D eigenvalue weighted by atomic mass is 10.2. The van der Waals surface area contributed by atoms with Gasteiger partial charge >= 0.3 is 0 Å². The van der Waals surface area contributed by atoms with Crippen molar-refractivity contribution in [2.75, 3.05) is 0 Å². The molecule has 1 unspecified atom stereocenters. The Balaban J connectivity index is 2.30. The van der Waals surface area contributed by atoms with Gasteiger partial charge in [-0.05, 0) is 31.5 Å². The number of H-pyrrole nitrogens is 1. The molecule has 6 nitrogen and oxygen atoms in total. The molecule has 0 aliphatic carbocycles. The Labute approximate surface area is 119 Å². The van der Waals surface area contributed by atoms with Crippen molar-refractivity contribution in [3.05, 3.63) is 40.4 Å². The van der Waals surface area contributed by atoms with Gasteiger partial charge in [-0.2, -0.15) is 5.10 Å². The zero-order chi connectivity index (χ0) is 14.0. The summed E-state index contributed by atoms with van der Waals surface area (Å²) in [6.07, 6.45) is 1.34. The van der Waals surface area contributed by atoms with Crippen LogP contribution in [0.2, 0.25) is 0 Å². The van der Waals surface area contributed by atoms with Crippen molar-refractivity contribution < 1.29 is 8.42 Å². The number of nitrogens with zero attached hydrogens (tertiary/aromatic N) is 2. The maximum absolute atomic E-state index is 12.3. The molecule has 0 saturated heterocycles. The van der Waals surface area contributed by atoms with Crippen LogP contribution in [0.5, 0.6) is 0 Å². The number of aryl methyl sites for hydroxylation is 1. The van der Waals surface area contributed by atoms with E-state index in [0.717, 1.165) is 0 Å². The first-order valence-electron chi connectivity index (χ1n) is 5.54. The van der Waals surface area contributed by atoms with Gasteiger partial charge in [0.2, 0.25) is 10.0 Å². The third-order valence-corrected chi connectivity index (χ3v) is 4.79. The van der Waals surface area contributed by atoms with Gasteiger partial charge in [-0.15, -0.1) is 0 Å². The number of rotatable bonds is 4. The number of sulfonamides is 1. The minimum atomic E-state index is -3.61. The highest BCUT2D eigenvalue weighted by Crippen LogP contribution is 2.22. The predicted octanol–water partition coefficient (Wildman–Crippen LogP) is 1.92. The topological polar surface area (TPSA) is 87.7 Å². The molecule has 1 atom stereocenters. The van der Waals surface area contributed by atoms with Crippen LogP contribution >= 0.6 is 15.9 Å². The molecular weight excluding hydrogens is 332 g/mol. The average Bonchev–Trinajstić information content (AvgIpc) is 2.85. The van der Waals surface area contributed by atoms with E-state index in [4.69, 9.17) is 0 Å². The molecule has 1 aromatic heterocycles. The molecule has 0 aliphatic rings. The van der Waals surface area contributed by atoms with Gasteiger partial charge in [0.05, 0.1) is 10.9 Å². The van der Waals surface area contributed by atoms with Crippen LogP contribution in [0, 0.1) is 6.92 Å². The summed E-state index contributed by atoms with van der Waals surface area (Å²) in [5, 5.41) is 6.34. The van der Waals surface area contributed by atoms with Crippen LogP contribution in [0.15, 0.2) is 33.9 Å². The maximum Gasteiger partial charge on any atom is 0.241 e. The zero-order valence-corrected chi connectivity index (χ0v) is 12.8. The summed E-state index contributed by atoms with van der Waals surface area (Å²) in [6, 6.07) is 4.64. The summed E-state index contributed by atoms with van der Waals surface area (Å²) < 4.78 is 27.9. The molecular formula is C11H13BrN4O2S. The van der Waals surface area contributed by atoms with Gasteiger partial charge in [0.25, 0.3) is 0 Å². The lowest BCUT2D eigenvalue weighted by molar-refractivity contribution is 0.559. The quantitative estimate of drug-likeness (QED) is 0.886. The fourth-order valence-electron chi connectivity index (χ4n) is 1.64. The third-order valence-electron chi connectivity index (χ3n) is 2.62. The highest BCUT2D eigenvalue weighted by molar-refractivity contribution is 9.10. The van der Waals surface area contributed by atoms with Gasteiger partial charge in [0.15, 0.2) is 0 Å². The van der Waals surface area contributed by atoms with Crippen LogP contribution in [0.25, 0.3) is 0 Å². The van der Waals surface area contributed by atoms with Crippen LogP contribution in [0.3, 0.4) is 0 Å². The Kier molecular flexibility index (Phi) is 4.02. The number of halogens is 1. The second-order valence-electron chi connectivity index (χ2n) is 4.12. The van der Waals surface area contributed by atoms with E-state index >= 15 is 0 Å².